The zero-order valence-corrected chi connectivity index (χ0v) is 12.4. The molecule has 5 nitrogen and oxygen atoms in total. The predicted molar refractivity (Wildman–Crippen MR) is 80.3 cm³/mol. The van der Waals surface area contributed by atoms with Crippen molar-refractivity contribution in [3.8, 4) is 10.8 Å². The number of nitrogens with zero attached hydrogens (tertiary/aromatic N) is 2. The van der Waals surface area contributed by atoms with Crippen LogP contribution in [0.1, 0.15) is 28.9 Å². The highest BCUT2D eigenvalue weighted by Gasteiger charge is 2.32. The summed E-state index contributed by atoms with van der Waals surface area (Å²) in [6.45, 7) is 1.64. The van der Waals surface area contributed by atoms with Crippen LogP contribution < -0.4 is 5.32 Å². The minimum absolute atomic E-state index is 0.0969. The lowest BCUT2D eigenvalue weighted by molar-refractivity contribution is 0.0753. The van der Waals surface area contributed by atoms with E-state index in [-0.39, 0.29) is 5.91 Å². The second kappa shape index (κ2) is 5.27. The number of aromatic nitrogens is 1. The number of thiazole rings is 1. The van der Waals surface area contributed by atoms with Crippen LogP contribution in [0, 0.1) is 0 Å². The third kappa shape index (κ3) is 2.49. The summed E-state index contributed by atoms with van der Waals surface area (Å²) >= 11 is 1.40. The van der Waals surface area contributed by atoms with Gasteiger partial charge in [0, 0.05) is 25.2 Å². The molecule has 0 radical (unpaired) electrons. The highest BCUT2D eigenvalue weighted by atomic mass is 32.1. The molecule has 0 aromatic carbocycles. The monoisotopic (exact) mass is 303 g/mol. The number of carbonyl (C=O) groups is 1. The van der Waals surface area contributed by atoms with Gasteiger partial charge in [-0.1, -0.05) is 0 Å². The van der Waals surface area contributed by atoms with Crippen LogP contribution >= 0.6 is 11.3 Å². The zero-order chi connectivity index (χ0) is 14.2. The Bertz CT molecular complexity index is 637. The Morgan fingerprint density at radius 2 is 2.29 bits per heavy atom. The molecule has 4 rings (SSSR count). The van der Waals surface area contributed by atoms with E-state index in [4.69, 9.17) is 4.42 Å². The fourth-order valence-corrected chi connectivity index (χ4v) is 4.02. The minimum Gasteiger partial charge on any atom is -0.462 e. The molecule has 0 aliphatic carbocycles. The van der Waals surface area contributed by atoms with E-state index in [0.717, 1.165) is 30.3 Å². The third-order valence-electron chi connectivity index (χ3n) is 4.26. The maximum atomic E-state index is 12.6. The molecular formula is C15H17N3O2S. The van der Waals surface area contributed by atoms with Crippen LogP contribution in [0.25, 0.3) is 10.8 Å². The molecule has 1 N–H and O–H groups in total. The molecule has 2 aromatic rings. The summed E-state index contributed by atoms with van der Waals surface area (Å²) in [6.07, 6.45) is 6.76. The van der Waals surface area contributed by atoms with Crippen molar-refractivity contribution in [1.29, 1.82) is 0 Å². The number of likely N-dealkylation sites (tertiary alicyclic amines) is 1. The summed E-state index contributed by atoms with van der Waals surface area (Å²) in [6, 6.07) is 4.74. The summed E-state index contributed by atoms with van der Waals surface area (Å²) < 4.78 is 5.33. The first kappa shape index (κ1) is 13.0. The first-order chi connectivity index (χ1) is 10.3. The Labute approximate surface area is 127 Å². The Kier molecular flexibility index (Phi) is 3.27. The number of carbonyl (C=O) groups excluding carboxylic acids is 1. The molecule has 2 unspecified atom stereocenters. The van der Waals surface area contributed by atoms with Gasteiger partial charge in [-0.15, -0.1) is 11.3 Å². The summed E-state index contributed by atoms with van der Waals surface area (Å²) in [4.78, 5) is 19.6. The number of furan rings is 1. The lowest BCUT2D eigenvalue weighted by Crippen LogP contribution is -2.38. The first-order valence-electron chi connectivity index (χ1n) is 7.34. The molecule has 6 heteroatoms. The molecule has 2 fully saturated rings. The van der Waals surface area contributed by atoms with Crippen molar-refractivity contribution < 1.29 is 9.21 Å². The SMILES string of the molecule is O=C(c1cnc(-c2ccco2)s1)N1CCC2CCC(C1)N2. The molecule has 110 valence electrons. The Balaban J connectivity index is 1.52. The lowest BCUT2D eigenvalue weighted by Gasteiger charge is -2.23. The van der Waals surface area contributed by atoms with Crippen LogP contribution in [0.2, 0.25) is 0 Å². The van der Waals surface area contributed by atoms with E-state index in [2.05, 4.69) is 10.3 Å². The van der Waals surface area contributed by atoms with Gasteiger partial charge in [-0.3, -0.25) is 4.79 Å². The van der Waals surface area contributed by atoms with Gasteiger partial charge in [0.2, 0.25) is 0 Å². The van der Waals surface area contributed by atoms with E-state index in [9.17, 15) is 4.79 Å². The normalized spacial score (nSPS) is 25.0. The van der Waals surface area contributed by atoms with Crippen molar-refractivity contribution in [3.05, 3.63) is 29.5 Å². The van der Waals surface area contributed by atoms with Crippen molar-refractivity contribution in [2.24, 2.45) is 0 Å². The van der Waals surface area contributed by atoms with Crippen molar-refractivity contribution in [3.63, 3.8) is 0 Å². The number of fused-ring (bicyclic) bond motifs is 2. The molecule has 0 saturated carbocycles. The number of rotatable bonds is 2. The topological polar surface area (TPSA) is 58.4 Å². The smallest absolute Gasteiger partial charge is 0.265 e. The molecule has 2 bridgehead atoms. The third-order valence-corrected chi connectivity index (χ3v) is 5.26. The van der Waals surface area contributed by atoms with Crippen molar-refractivity contribution >= 4 is 17.2 Å². The predicted octanol–water partition coefficient (Wildman–Crippen LogP) is 2.37. The van der Waals surface area contributed by atoms with E-state index in [1.54, 1.807) is 12.5 Å². The summed E-state index contributed by atoms with van der Waals surface area (Å²) in [5.41, 5.74) is 0. The van der Waals surface area contributed by atoms with Crippen LogP contribution in [0.4, 0.5) is 0 Å². The molecule has 21 heavy (non-hydrogen) atoms. The summed E-state index contributed by atoms with van der Waals surface area (Å²) in [7, 11) is 0. The van der Waals surface area contributed by atoms with Crippen LogP contribution in [0.15, 0.2) is 29.0 Å². The number of nitrogens with one attached hydrogen (secondary N) is 1. The van der Waals surface area contributed by atoms with E-state index in [0.29, 0.717) is 17.0 Å². The maximum Gasteiger partial charge on any atom is 0.265 e. The van der Waals surface area contributed by atoms with Gasteiger partial charge in [0.05, 0.1) is 12.5 Å². The Morgan fingerprint density at radius 1 is 1.38 bits per heavy atom. The molecule has 2 aromatic heterocycles. The second-order valence-electron chi connectivity index (χ2n) is 5.68. The first-order valence-corrected chi connectivity index (χ1v) is 8.16. The lowest BCUT2D eigenvalue weighted by atomic mass is 10.1. The van der Waals surface area contributed by atoms with Crippen LogP contribution in [0.5, 0.6) is 0 Å². The Hall–Kier alpha value is -1.66. The van der Waals surface area contributed by atoms with E-state index in [1.165, 1.54) is 24.2 Å². The van der Waals surface area contributed by atoms with Gasteiger partial charge in [-0.05, 0) is 31.4 Å². The van der Waals surface area contributed by atoms with Gasteiger partial charge in [-0.25, -0.2) is 4.98 Å². The molecule has 2 aliphatic heterocycles. The van der Waals surface area contributed by atoms with Gasteiger partial charge < -0.3 is 14.6 Å². The Morgan fingerprint density at radius 3 is 3.14 bits per heavy atom. The largest absolute Gasteiger partial charge is 0.462 e. The molecule has 2 saturated heterocycles. The average molecular weight is 303 g/mol. The summed E-state index contributed by atoms with van der Waals surface area (Å²) in [5, 5.41) is 4.36. The van der Waals surface area contributed by atoms with Gasteiger partial charge in [0.15, 0.2) is 10.8 Å². The molecule has 4 heterocycles. The van der Waals surface area contributed by atoms with Gasteiger partial charge in [0.25, 0.3) is 5.91 Å². The quantitative estimate of drug-likeness (QED) is 0.925. The standard InChI is InChI=1S/C15H17N3O2S/c19-15(18-6-5-10-3-4-11(9-18)17-10)13-8-16-14(21-13)12-2-1-7-20-12/h1-2,7-8,10-11,17H,3-6,9H2. The molecular weight excluding hydrogens is 286 g/mol. The van der Waals surface area contributed by atoms with Crippen molar-refractivity contribution in [2.45, 2.75) is 31.3 Å². The molecule has 2 aliphatic rings. The van der Waals surface area contributed by atoms with Gasteiger partial charge in [0.1, 0.15) is 4.88 Å². The zero-order valence-electron chi connectivity index (χ0n) is 11.6. The van der Waals surface area contributed by atoms with Gasteiger partial charge in [-0.2, -0.15) is 0 Å². The van der Waals surface area contributed by atoms with Crippen LogP contribution in [-0.2, 0) is 0 Å². The van der Waals surface area contributed by atoms with Crippen LogP contribution in [0.3, 0.4) is 0 Å². The maximum absolute atomic E-state index is 12.6. The van der Waals surface area contributed by atoms with E-state index >= 15 is 0 Å². The number of hydrogen-bond donors (Lipinski definition) is 1. The highest BCUT2D eigenvalue weighted by molar-refractivity contribution is 7.16. The van der Waals surface area contributed by atoms with Crippen LogP contribution in [-0.4, -0.2) is 41.0 Å². The number of hydrogen-bond acceptors (Lipinski definition) is 5. The van der Waals surface area contributed by atoms with E-state index < -0.39 is 0 Å². The molecule has 0 spiro atoms. The van der Waals surface area contributed by atoms with Gasteiger partial charge >= 0.3 is 0 Å². The summed E-state index contributed by atoms with van der Waals surface area (Å²) in [5.74, 6) is 0.815. The molecule has 2 atom stereocenters. The number of amides is 1. The fourth-order valence-electron chi connectivity index (χ4n) is 3.17. The second-order valence-corrected chi connectivity index (χ2v) is 6.72. The highest BCUT2D eigenvalue weighted by Crippen LogP contribution is 2.27. The van der Waals surface area contributed by atoms with Crippen molar-refractivity contribution in [2.75, 3.05) is 13.1 Å². The van der Waals surface area contributed by atoms with E-state index in [1.807, 2.05) is 17.0 Å². The molecule has 1 amide bonds. The average Bonchev–Trinajstić information content (AvgIpc) is 3.17. The fraction of sp³-hybridized carbons (Fsp3) is 0.467. The van der Waals surface area contributed by atoms with Crippen molar-refractivity contribution in [1.82, 2.24) is 15.2 Å². The minimum atomic E-state index is 0.0969.